The molecule has 4 heterocycles. The van der Waals surface area contributed by atoms with E-state index in [-0.39, 0.29) is 11.8 Å². The van der Waals surface area contributed by atoms with Crippen molar-refractivity contribution in [2.24, 2.45) is 0 Å². The number of amides is 1. The quantitative estimate of drug-likeness (QED) is 0.804. The minimum atomic E-state index is 0.0936. The molecule has 24 heavy (non-hydrogen) atoms. The van der Waals surface area contributed by atoms with Crippen LogP contribution in [0, 0.1) is 13.8 Å². The van der Waals surface area contributed by atoms with Crippen LogP contribution in [0.5, 0.6) is 0 Å². The minimum Gasteiger partial charge on any atom is -0.350 e. The molecule has 0 saturated carbocycles. The highest BCUT2D eigenvalue weighted by Gasteiger charge is 2.27. The van der Waals surface area contributed by atoms with E-state index in [4.69, 9.17) is 4.98 Å². The number of aromatic nitrogens is 4. The summed E-state index contributed by atoms with van der Waals surface area (Å²) in [6.07, 6.45) is 3.40. The van der Waals surface area contributed by atoms with Crippen molar-refractivity contribution in [2.45, 2.75) is 45.7 Å². The second kappa shape index (κ2) is 5.78. The molecule has 0 radical (unpaired) electrons. The number of aryl methyl sites for hydroxylation is 3. The monoisotopic (exact) mass is 323 g/mol. The summed E-state index contributed by atoms with van der Waals surface area (Å²) in [5, 5.41) is 7.50. The fourth-order valence-corrected chi connectivity index (χ4v) is 3.62. The molecule has 4 rings (SSSR count). The number of carbonyl (C=O) groups is 1. The molecule has 6 nitrogen and oxygen atoms in total. The van der Waals surface area contributed by atoms with Gasteiger partial charge in [0.15, 0.2) is 0 Å². The van der Waals surface area contributed by atoms with E-state index in [2.05, 4.69) is 27.8 Å². The van der Waals surface area contributed by atoms with Crippen molar-refractivity contribution in [3.63, 3.8) is 0 Å². The second-order valence-electron chi connectivity index (χ2n) is 6.49. The van der Waals surface area contributed by atoms with E-state index < -0.39 is 0 Å². The van der Waals surface area contributed by atoms with Crippen molar-refractivity contribution < 1.29 is 4.79 Å². The maximum Gasteiger partial charge on any atom is 0.220 e. The molecule has 6 heteroatoms. The Morgan fingerprint density at radius 3 is 3.00 bits per heavy atom. The summed E-state index contributed by atoms with van der Waals surface area (Å²) in [7, 11) is 0. The highest BCUT2D eigenvalue weighted by atomic mass is 16.1. The molecule has 0 aromatic carbocycles. The third-order valence-corrected chi connectivity index (χ3v) is 4.71. The number of carbonyl (C=O) groups excluding carboxylic acids is 1. The van der Waals surface area contributed by atoms with Crippen LogP contribution >= 0.6 is 0 Å². The first-order valence-corrected chi connectivity index (χ1v) is 8.35. The average molecular weight is 323 g/mol. The van der Waals surface area contributed by atoms with Crippen LogP contribution < -0.4 is 5.32 Å². The molecule has 0 bridgehead atoms. The molecule has 0 saturated heterocycles. The van der Waals surface area contributed by atoms with Gasteiger partial charge < -0.3 is 9.72 Å². The van der Waals surface area contributed by atoms with Gasteiger partial charge in [0.25, 0.3) is 0 Å². The van der Waals surface area contributed by atoms with Crippen molar-refractivity contribution in [1.29, 1.82) is 0 Å². The molecular weight excluding hydrogens is 302 g/mol. The molecule has 3 aromatic rings. The lowest BCUT2D eigenvalue weighted by Crippen LogP contribution is -2.21. The van der Waals surface area contributed by atoms with Crippen LogP contribution in [0.4, 0.5) is 0 Å². The number of hydrogen-bond donors (Lipinski definition) is 1. The van der Waals surface area contributed by atoms with Crippen LogP contribution in [-0.4, -0.2) is 25.1 Å². The first kappa shape index (κ1) is 14.9. The van der Waals surface area contributed by atoms with Crippen molar-refractivity contribution in [1.82, 2.24) is 24.5 Å². The Bertz CT molecular complexity index is 907. The Morgan fingerprint density at radius 2 is 2.21 bits per heavy atom. The Kier molecular flexibility index (Phi) is 3.59. The van der Waals surface area contributed by atoms with Crippen LogP contribution in [0.15, 0.2) is 30.5 Å². The summed E-state index contributed by atoms with van der Waals surface area (Å²) >= 11 is 0. The first-order chi connectivity index (χ1) is 11.6. The van der Waals surface area contributed by atoms with Gasteiger partial charge in [0.05, 0.1) is 23.6 Å². The SMILES string of the molecule is Cc1cc(C)n(CC[C@H]2CC(=O)NCc3nc4ccccn4c32)n1. The zero-order valence-corrected chi connectivity index (χ0v) is 14.0. The Labute approximate surface area is 140 Å². The lowest BCUT2D eigenvalue weighted by atomic mass is 9.96. The number of imidazole rings is 1. The third-order valence-electron chi connectivity index (χ3n) is 4.71. The summed E-state index contributed by atoms with van der Waals surface area (Å²) in [5.41, 5.74) is 5.26. The highest BCUT2D eigenvalue weighted by molar-refractivity contribution is 5.77. The summed E-state index contributed by atoms with van der Waals surface area (Å²) in [4.78, 5) is 16.8. The molecule has 1 aliphatic rings. The maximum absolute atomic E-state index is 12.1. The predicted molar refractivity (Wildman–Crippen MR) is 90.7 cm³/mol. The van der Waals surface area contributed by atoms with Gasteiger partial charge in [0, 0.05) is 30.8 Å². The molecule has 1 N–H and O–H groups in total. The summed E-state index contributed by atoms with van der Waals surface area (Å²) in [5.74, 6) is 0.236. The number of fused-ring (bicyclic) bond motifs is 3. The van der Waals surface area contributed by atoms with Gasteiger partial charge in [0.1, 0.15) is 5.65 Å². The number of pyridine rings is 1. The lowest BCUT2D eigenvalue weighted by molar-refractivity contribution is -0.121. The summed E-state index contributed by atoms with van der Waals surface area (Å²) in [6.45, 7) is 5.38. The highest BCUT2D eigenvalue weighted by Crippen LogP contribution is 2.30. The standard InChI is InChI=1S/C18H21N5O/c1-12-9-13(2)23(21-12)8-6-14-10-17(24)19-11-15-18(14)22-7-4-3-5-16(22)20-15/h3-5,7,9,14H,6,8,10-11H2,1-2H3,(H,19,24)/t14-/m0/s1. The molecule has 1 amide bonds. The average Bonchev–Trinajstić information content (AvgIpc) is 3.03. The Morgan fingerprint density at radius 1 is 1.33 bits per heavy atom. The Balaban J connectivity index is 1.68. The van der Waals surface area contributed by atoms with Gasteiger partial charge in [-0.2, -0.15) is 5.10 Å². The topological polar surface area (TPSA) is 64.2 Å². The second-order valence-corrected chi connectivity index (χ2v) is 6.49. The van der Waals surface area contributed by atoms with Gasteiger partial charge in [-0.25, -0.2) is 4.98 Å². The molecule has 1 atom stereocenters. The molecular formula is C18H21N5O. The smallest absolute Gasteiger partial charge is 0.220 e. The van der Waals surface area contributed by atoms with Gasteiger partial charge in [-0.3, -0.25) is 9.48 Å². The van der Waals surface area contributed by atoms with E-state index in [1.54, 1.807) is 0 Å². The molecule has 1 aliphatic heterocycles. The first-order valence-electron chi connectivity index (χ1n) is 8.35. The zero-order chi connectivity index (χ0) is 16.7. The van der Waals surface area contributed by atoms with E-state index in [0.29, 0.717) is 13.0 Å². The molecule has 124 valence electrons. The van der Waals surface area contributed by atoms with Gasteiger partial charge in [-0.15, -0.1) is 0 Å². The van der Waals surface area contributed by atoms with Crippen molar-refractivity contribution in [3.8, 4) is 0 Å². The van der Waals surface area contributed by atoms with E-state index in [9.17, 15) is 4.79 Å². The van der Waals surface area contributed by atoms with Crippen LogP contribution in [0.2, 0.25) is 0 Å². The number of nitrogens with one attached hydrogen (secondary N) is 1. The molecule has 0 aliphatic carbocycles. The van der Waals surface area contributed by atoms with Crippen LogP contribution in [0.1, 0.15) is 41.5 Å². The van der Waals surface area contributed by atoms with Crippen LogP contribution in [0.25, 0.3) is 5.65 Å². The fraction of sp³-hybridized carbons (Fsp3) is 0.389. The van der Waals surface area contributed by atoms with Gasteiger partial charge >= 0.3 is 0 Å². The van der Waals surface area contributed by atoms with Gasteiger partial charge in [-0.1, -0.05) is 6.07 Å². The number of nitrogens with zero attached hydrogens (tertiary/aromatic N) is 4. The summed E-state index contributed by atoms with van der Waals surface area (Å²) < 4.78 is 4.16. The third kappa shape index (κ3) is 2.58. The van der Waals surface area contributed by atoms with Crippen molar-refractivity contribution >= 4 is 11.6 Å². The van der Waals surface area contributed by atoms with Crippen molar-refractivity contribution in [3.05, 3.63) is 53.2 Å². The largest absolute Gasteiger partial charge is 0.350 e. The fourth-order valence-electron chi connectivity index (χ4n) is 3.62. The minimum absolute atomic E-state index is 0.0936. The summed E-state index contributed by atoms with van der Waals surface area (Å²) in [6, 6.07) is 8.09. The van der Waals surface area contributed by atoms with E-state index in [1.165, 1.54) is 0 Å². The molecule has 0 spiro atoms. The lowest BCUT2D eigenvalue weighted by Gasteiger charge is -2.15. The van der Waals surface area contributed by atoms with E-state index >= 15 is 0 Å². The maximum atomic E-state index is 12.1. The van der Waals surface area contributed by atoms with Crippen LogP contribution in [0.3, 0.4) is 0 Å². The molecule has 0 fully saturated rings. The normalized spacial score (nSPS) is 17.6. The van der Waals surface area contributed by atoms with Crippen molar-refractivity contribution in [2.75, 3.05) is 0 Å². The van der Waals surface area contributed by atoms with E-state index in [1.807, 2.05) is 36.0 Å². The predicted octanol–water partition coefficient (Wildman–Crippen LogP) is 2.34. The number of rotatable bonds is 3. The van der Waals surface area contributed by atoms with Gasteiger partial charge in [-0.05, 0) is 38.5 Å². The molecule has 3 aromatic heterocycles. The molecule has 0 unspecified atom stereocenters. The van der Waals surface area contributed by atoms with E-state index in [0.717, 1.165) is 41.4 Å². The van der Waals surface area contributed by atoms with Gasteiger partial charge in [0.2, 0.25) is 5.91 Å². The van der Waals surface area contributed by atoms with Crippen LogP contribution in [-0.2, 0) is 17.9 Å². The number of hydrogen-bond acceptors (Lipinski definition) is 3. The zero-order valence-electron chi connectivity index (χ0n) is 14.0. The Hall–Kier alpha value is -2.63.